The van der Waals surface area contributed by atoms with Gasteiger partial charge in [-0.15, -0.1) is 0 Å². The summed E-state index contributed by atoms with van der Waals surface area (Å²) in [5.41, 5.74) is 6.11. The van der Waals surface area contributed by atoms with E-state index in [2.05, 4.69) is 0 Å². The first-order chi connectivity index (χ1) is 11.1. The van der Waals surface area contributed by atoms with Gasteiger partial charge in [0.05, 0.1) is 0 Å². The van der Waals surface area contributed by atoms with Gasteiger partial charge >= 0.3 is 0 Å². The van der Waals surface area contributed by atoms with Crippen LogP contribution in [0.3, 0.4) is 0 Å². The molecule has 0 bridgehead atoms. The topological polar surface area (TPSA) is 46.3 Å². The molecule has 1 heterocycles. The van der Waals surface area contributed by atoms with Crippen LogP contribution in [0, 0.1) is 23.5 Å². The van der Waals surface area contributed by atoms with E-state index in [0.717, 1.165) is 38.3 Å². The normalized spacial score (nSPS) is 27.1. The summed E-state index contributed by atoms with van der Waals surface area (Å²) >= 11 is 0. The van der Waals surface area contributed by atoms with Gasteiger partial charge in [-0.2, -0.15) is 0 Å². The molecule has 1 amide bonds. The van der Waals surface area contributed by atoms with Gasteiger partial charge in [-0.25, -0.2) is 8.78 Å². The van der Waals surface area contributed by atoms with Gasteiger partial charge in [0, 0.05) is 25.1 Å². The van der Waals surface area contributed by atoms with Crippen molar-refractivity contribution in [3.05, 3.63) is 35.4 Å². The van der Waals surface area contributed by atoms with E-state index in [9.17, 15) is 13.6 Å². The van der Waals surface area contributed by atoms with Gasteiger partial charge in [0.15, 0.2) is 0 Å². The number of carbonyl (C=O) groups is 1. The van der Waals surface area contributed by atoms with Crippen LogP contribution in [-0.4, -0.2) is 29.9 Å². The van der Waals surface area contributed by atoms with Crippen molar-refractivity contribution in [3.63, 3.8) is 0 Å². The summed E-state index contributed by atoms with van der Waals surface area (Å²) in [6.07, 6.45) is 4.99. The van der Waals surface area contributed by atoms with Crippen LogP contribution >= 0.6 is 0 Å². The molecule has 2 aliphatic rings. The minimum Gasteiger partial charge on any atom is -0.339 e. The smallest absolute Gasteiger partial charge is 0.223 e. The number of halogens is 2. The van der Waals surface area contributed by atoms with Crippen molar-refractivity contribution in [2.24, 2.45) is 17.6 Å². The second kappa shape index (κ2) is 6.95. The Morgan fingerprint density at radius 2 is 2.04 bits per heavy atom. The molecule has 2 N–H and O–H groups in total. The molecular formula is C18H24F2N2O. The zero-order chi connectivity index (χ0) is 16.4. The van der Waals surface area contributed by atoms with Crippen LogP contribution in [0.15, 0.2) is 18.2 Å². The molecular weight excluding hydrogens is 298 g/mol. The van der Waals surface area contributed by atoms with E-state index in [1.807, 2.05) is 4.90 Å². The largest absolute Gasteiger partial charge is 0.339 e. The molecule has 1 aromatic rings. The third-order valence-corrected chi connectivity index (χ3v) is 5.30. The maximum atomic E-state index is 13.8. The molecule has 1 aliphatic carbocycles. The highest BCUT2D eigenvalue weighted by atomic mass is 19.1. The molecule has 1 aliphatic heterocycles. The lowest BCUT2D eigenvalue weighted by Crippen LogP contribution is -2.40. The second-order valence-corrected chi connectivity index (χ2v) is 6.97. The van der Waals surface area contributed by atoms with Gasteiger partial charge in [0.2, 0.25) is 5.91 Å². The van der Waals surface area contributed by atoms with E-state index in [4.69, 9.17) is 5.73 Å². The van der Waals surface area contributed by atoms with Crippen LogP contribution in [0.25, 0.3) is 0 Å². The van der Waals surface area contributed by atoms with E-state index in [0.29, 0.717) is 36.8 Å². The maximum Gasteiger partial charge on any atom is 0.223 e. The number of nitrogens with zero attached hydrogens (tertiary/aromatic N) is 1. The second-order valence-electron chi connectivity index (χ2n) is 6.97. The molecule has 23 heavy (non-hydrogen) atoms. The summed E-state index contributed by atoms with van der Waals surface area (Å²) in [6, 6.07) is 3.72. The fourth-order valence-corrected chi connectivity index (χ4v) is 3.91. The first-order valence-electron chi connectivity index (χ1n) is 8.50. The quantitative estimate of drug-likeness (QED) is 0.906. The molecule has 3 rings (SSSR count). The van der Waals surface area contributed by atoms with Gasteiger partial charge in [0.1, 0.15) is 11.6 Å². The van der Waals surface area contributed by atoms with Gasteiger partial charge < -0.3 is 10.6 Å². The van der Waals surface area contributed by atoms with E-state index < -0.39 is 11.6 Å². The standard InChI is InChI=1S/C18H24F2N2O/c19-15-4-3-14(17(20)10-15)9-16-2-1-5-22(16)18(23)8-12-6-13(7-12)11-21/h3-4,10,12-13,16H,1-2,5-9,11,21H2. The minimum atomic E-state index is -0.565. The van der Waals surface area contributed by atoms with E-state index in [-0.39, 0.29) is 11.9 Å². The lowest BCUT2D eigenvalue weighted by Gasteiger charge is -2.36. The third kappa shape index (κ3) is 3.71. The number of rotatable bonds is 5. The SMILES string of the molecule is NCC1CC(CC(=O)N2CCCC2Cc2ccc(F)cc2F)C1. The first kappa shape index (κ1) is 16.4. The molecule has 0 radical (unpaired) electrons. The van der Waals surface area contributed by atoms with Crippen molar-refractivity contribution in [1.82, 2.24) is 4.90 Å². The van der Waals surface area contributed by atoms with Gasteiger partial charge in [-0.05, 0) is 62.1 Å². The van der Waals surface area contributed by atoms with E-state index >= 15 is 0 Å². The number of benzene rings is 1. The maximum absolute atomic E-state index is 13.8. The van der Waals surface area contributed by atoms with Gasteiger partial charge in [0.25, 0.3) is 0 Å². The van der Waals surface area contributed by atoms with Crippen LogP contribution in [-0.2, 0) is 11.2 Å². The fourth-order valence-electron chi connectivity index (χ4n) is 3.91. The summed E-state index contributed by atoms with van der Waals surface area (Å²) < 4.78 is 26.8. The molecule has 3 nitrogen and oxygen atoms in total. The Hall–Kier alpha value is -1.49. The molecule has 2 fully saturated rings. The summed E-state index contributed by atoms with van der Waals surface area (Å²) in [7, 11) is 0. The van der Waals surface area contributed by atoms with Crippen LogP contribution in [0.5, 0.6) is 0 Å². The Balaban J connectivity index is 1.58. The van der Waals surface area contributed by atoms with E-state index in [1.165, 1.54) is 12.1 Å². The van der Waals surface area contributed by atoms with Crippen LogP contribution in [0.4, 0.5) is 8.78 Å². The van der Waals surface area contributed by atoms with Crippen LogP contribution in [0.1, 0.15) is 37.7 Å². The highest BCUT2D eigenvalue weighted by Crippen LogP contribution is 2.36. The number of nitrogens with two attached hydrogens (primary N) is 1. The predicted octanol–water partition coefficient (Wildman–Crippen LogP) is 2.87. The van der Waals surface area contributed by atoms with Crippen LogP contribution in [0.2, 0.25) is 0 Å². The highest BCUT2D eigenvalue weighted by Gasteiger charge is 2.34. The van der Waals surface area contributed by atoms with Crippen LogP contribution < -0.4 is 5.73 Å². The van der Waals surface area contributed by atoms with Gasteiger partial charge in [-0.1, -0.05) is 6.07 Å². The Morgan fingerprint density at radius 3 is 2.74 bits per heavy atom. The monoisotopic (exact) mass is 322 g/mol. The Labute approximate surface area is 135 Å². The van der Waals surface area contributed by atoms with Crippen molar-refractivity contribution in [1.29, 1.82) is 0 Å². The summed E-state index contributed by atoms with van der Waals surface area (Å²) in [5.74, 6) is 0.130. The summed E-state index contributed by atoms with van der Waals surface area (Å²) in [5, 5.41) is 0. The fraction of sp³-hybridized carbons (Fsp3) is 0.611. The molecule has 1 unspecified atom stereocenters. The third-order valence-electron chi connectivity index (χ3n) is 5.30. The van der Waals surface area contributed by atoms with Crippen molar-refractivity contribution in [2.45, 2.75) is 44.6 Å². The number of carbonyl (C=O) groups excluding carboxylic acids is 1. The number of likely N-dealkylation sites (tertiary alicyclic amines) is 1. The minimum absolute atomic E-state index is 0.0350. The number of hydrogen-bond acceptors (Lipinski definition) is 2. The Morgan fingerprint density at radius 1 is 1.26 bits per heavy atom. The number of hydrogen-bond donors (Lipinski definition) is 1. The molecule has 5 heteroatoms. The Kier molecular flexibility index (Phi) is 4.95. The molecule has 1 aromatic carbocycles. The first-order valence-corrected chi connectivity index (χ1v) is 8.50. The van der Waals surface area contributed by atoms with Gasteiger partial charge in [-0.3, -0.25) is 4.79 Å². The average molecular weight is 322 g/mol. The predicted molar refractivity (Wildman–Crippen MR) is 84.7 cm³/mol. The molecule has 1 saturated carbocycles. The summed E-state index contributed by atoms with van der Waals surface area (Å²) in [6.45, 7) is 1.46. The van der Waals surface area contributed by atoms with Crippen molar-refractivity contribution >= 4 is 5.91 Å². The highest BCUT2D eigenvalue weighted by molar-refractivity contribution is 5.77. The molecule has 1 atom stereocenters. The molecule has 0 aromatic heterocycles. The lowest BCUT2D eigenvalue weighted by molar-refractivity contribution is -0.134. The van der Waals surface area contributed by atoms with Crippen molar-refractivity contribution in [3.8, 4) is 0 Å². The average Bonchev–Trinajstić information content (AvgIpc) is 2.93. The summed E-state index contributed by atoms with van der Waals surface area (Å²) in [4.78, 5) is 14.4. The van der Waals surface area contributed by atoms with Crippen molar-refractivity contribution in [2.75, 3.05) is 13.1 Å². The zero-order valence-corrected chi connectivity index (χ0v) is 13.3. The molecule has 1 saturated heterocycles. The number of amides is 1. The Bertz CT molecular complexity index is 572. The molecule has 126 valence electrons. The van der Waals surface area contributed by atoms with Crippen molar-refractivity contribution < 1.29 is 13.6 Å². The molecule has 0 spiro atoms. The lowest BCUT2D eigenvalue weighted by atomic mass is 9.73. The van der Waals surface area contributed by atoms with E-state index in [1.54, 1.807) is 0 Å². The zero-order valence-electron chi connectivity index (χ0n) is 13.3.